The lowest BCUT2D eigenvalue weighted by Crippen LogP contribution is -2.61. The molecule has 2 amide bonds. The summed E-state index contributed by atoms with van der Waals surface area (Å²) in [5.74, 6) is -1.66. The van der Waals surface area contributed by atoms with Crippen LogP contribution >= 0.6 is 0 Å². The zero-order chi connectivity index (χ0) is 43.1. The van der Waals surface area contributed by atoms with Gasteiger partial charge in [0.25, 0.3) is 0 Å². The van der Waals surface area contributed by atoms with Crippen molar-refractivity contribution in [1.29, 1.82) is 0 Å². The average Bonchev–Trinajstić information content (AvgIpc) is 3.28. The van der Waals surface area contributed by atoms with Crippen molar-refractivity contribution in [2.45, 2.75) is 64.8 Å². The van der Waals surface area contributed by atoms with Gasteiger partial charge in [-0.25, -0.2) is 0 Å². The molecule has 0 unspecified atom stereocenters. The van der Waals surface area contributed by atoms with Gasteiger partial charge in [0.2, 0.25) is 11.8 Å². The zero-order valence-electron chi connectivity index (χ0n) is 35.7. The summed E-state index contributed by atoms with van der Waals surface area (Å²) >= 11 is 0. The van der Waals surface area contributed by atoms with Crippen molar-refractivity contribution in [3.05, 3.63) is 192 Å². The Morgan fingerprint density at radius 3 is 0.852 bits per heavy atom. The lowest BCUT2D eigenvalue weighted by Gasteiger charge is -2.43. The largest absolute Gasteiger partial charge is 0.378 e. The van der Waals surface area contributed by atoms with Crippen molar-refractivity contribution in [1.82, 2.24) is 10.6 Å². The SMILES string of the molecule is CC(C)[C@H](NC(=O)C(C)(C)C(=O)N[C@@H](C(C)C)C(O)(c1ccc2ccccc2c1)c1ccc2ccccc2c1)C(O)(c1ccc2ccccc2c1)c1ccc2ccccc2c1. The molecule has 61 heavy (non-hydrogen) atoms. The van der Waals surface area contributed by atoms with E-state index < -0.39 is 40.5 Å². The molecule has 0 aliphatic heterocycles. The number of hydrogen-bond donors (Lipinski definition) is 4. The molecule has 0 aliphatic rings. The quantitative estimate of drug-likeness (QED) is 0.0924. The normalized spacial score (nSPS) is 13.5. The molecule has 0 saturated carbocycles. The van der Waals surface area contributed by atoms with Crippen LogP contribution in [0.4, 0.5) is 0 Å². The third-order valence-electron chi connectivity index (χ3n) is 12.7. The van der Waals surface area contributed by atoms with Crippen LogP contribution in [0.25, 0.3) is 43.1 Å². The molecule has 0 radical (unpaired) electrons. The number of fused-ring (bicyclic) bond motifs is 4. The maximum Gasteiger partial charge on any atom is 0.235 e. The van der Waals surface area contributed by atoms with E-state index in [1.807, 2.05) is 198 Å². The molecule has 308 valence electrons. The Morgan fingerprint density at radius 2 is 0.623 bits per heavy atom. The van der Waals surface area contributed by atoms with Crippen LogP contribution in [0.2, 0.25) is 0 Å². The monoisotopic (exact) mass is 806 g/mol. The molecule has 0 fully saturated rings. The van der Waals surface area contributed by atoms with Gasteiger partial charge >= 0.3 is 0 Å². The van der Waals surface area contributed by atoms with E-state index >= 15 is 0 Å². The van der Waals surface area contributed by atoms with E-state index in [9.17, 15) is 19.8 Å². The molecule has 4 N–H and O–H groups in total. The number of hydrogen-bond acceptors (Lipinski definition) is 4. The molecular weight excluding hydrogens is 753 g/mol. The van der Waals surface area contributed by atoms with Gasteiger partial charge < -0.3 is 20.8 Å². The molecular formula is C55H54N2O4. The highest BCUT2D eigenvalue weighted by atomic mass is 16.3. The van der Waals surface area contributed by atoms with Crippen LogP contribution in [0.5, 0.6) is 0 Å². The third-order valence-corrected chi connectivity index (χ3v) is 12.7. The Labute approximate surface area is 358 Å². The molecule has 0 heterocycles. The zero-order valence-corrected chi connectivity index (χ0v) is 35.7. The molecule has 0 aromatic heterocycles. The number of amides is 2. The second-order valence-electron chi connectivity index (χ2n) is 17.8. The van der Waals surface area contributed by atoms with Crippen molar-refractivity contribution in [3.8, 4) is 0 Å². The van der Waals surface area contributed by atoms with E-state index in [2.05, 4.69) is 10.6 Å². The lowest BCUT2D eigenvalue weighted by atomic mass is 9.73. The predicted molar refractivity (Wildman–Crippen MR) is 249 cm³/mol. The third kappa shape index (κ3) is 7.56. The van der Waals surface area contributed by atoms with Crippen LogP contribution < -0.4 is 10.6 Å². The highest BCUT2D eigenvalue weighted by Crippen LogP contribution is 2.41. The van der Waals surface area contributed by atoms with E-state index in [0.29, 0.717) is 22.3 Å². The molecule has 0 spiro atoms. The van der Waals surface area contributed by atoms with Crippen molar-refractivity contribution >= 4 is 54.9 Å². The van der Waals surface area contributed by atoms with Gasteiger partial charge in [-0.1, -0.05) is 173 Å². The molecule has 2 atom stereocenters. The van der Waals surface area contributed by atoms with Crippen molar-refractivity contribution in [3.63, 3.8) is 0 Å². The van der Waals surface area contributed by atoms with Gasteiger partial charge in [0.1, 0.15) is 16.6 Å². The van der Waals surface area contributed by atoms with Gasteiger partial charge in [0, 0.05) is 0 Å². The number of benzene rings is 8. The minimum Gasteiger partial charge on any atom is -0.378 e. The van der Waals surface area contributed by atoms with Gasteiger partial charge in [-0.3, -0.25) is 9.59 Å². The number of nitrogens with one attached hydrogen (secondary N) is 2. The molecule has 6 heteroatoms. The maximum atomic E-state index is 14.8. The van der Waals surface area contributed by atoms with Crippen molar-refractivity contribution in [2.75, 3.05) is 0 Å². The smallest absolute Gasteiger partial charge is 0.235 e. The van der Waals surface area contributed by atoms with Crippen LogP contribution in [-0.2, 0) is 20.8 Å². The topological polar surface area (TPSA) is 98.7 Å². The Bertz CT molecular complexity index is 2560. The van der Waals surface area contributed by atoms with Gasteiger partial charge in [0.15, 0.2) is 0 Å². The summed E-state index contributed by atoms with van der Waals surface area (Å²) in [5.41, 5.74) is -2.54. The van der Waals surface area contributed by atoms with Crippen LogP contribution in [-0.4, -0.2) is 34.1 Å². The molecule has 6 nitrogen and oxygen atoms in total. The molecule has 0 bridgehead atoms. The predicted octanol–water partition coefficient (Wildman–Crippen LogP) is 10.8. The van der Waals surface area contributed by atoms with Crippen molar-refractivity contribution in [2.24, 2.45) is 17.3 Å². The summed E-state index contributed by atoms with van der Waals surface area (Å²) in [6.45, 7) is 11.1. The van der Waals surface area contributed by atoms with E-state index in [0.717, 1.165) is 43.1 Å². The first kappa shape index (κ1) is 41.4. The fourth-order valence-electron chi connectivity index (χ4n) is 9.01. The van der Waals surface area contributed by atoms with E-state index in [-0.39, 0.29) is 11.8 Å². The first-order valence-electron chi connectivity index (χ1n) is 21.2. The van der Waals surface area contributed by atoms with E-state index in [4.69, 9.17) is 0 Å². The second kappa shape index (κ2) is 16.3. The average molecular weight is 807 g/mol. The Balaban J connectivity index is 1.18. The van der Waals surface area contributed by atoms with Gasteiger partial charge in [-0.15, -0.1) is 0 Å². The minimum atomic E-state index is -1.70. The summed E-state index contributed by atoms with van der Waals surface area (Å²) < 4.78 is 0. The number of rotatable bonds is 12. The highest BCUT2D eigenvalue weighted by Gasteiger charge is 2.49. The van der Waals surface area contributed by atoms with E-state index in [1.165, 1.54) is 0 Å². The van der Waals surface area contributed by atoms with Crippen molar-refractivity contribution < 1.29 is 19.8 Å². The number of carbonyl (C=O) groups excluding carboxylic acids is 2. The Morgan fingerprint density at radius 1 is 0.393 bits per heavy atom. The molecule has 8 aromatic carbocycles. The van der Waals surface area contributed by atoms with Crippen LogP contribution in [0.3, 0.4) is 0 Å². The molecule has 0 aliphatic carbocycles. The summed E-state index contributed by atoms with van der Waals surface area (Å²) in [4.78, 5) is 29.7. The first-order chi connectivity index (χ1) is 29.2. The summed E-state index contributed by atoms with van der Waals surface area (Å²) in [6, 6.07) is 53.8. The van der Waals surface area contributed by atoms with Gasteiger partial charge in [-0.05, 0) is 115 Å². The minimum absolute atomic E-state index is 0.278. The highest BCUT2D eigenvalue weighted by molar-refractivity contribution is 6.04. The molecule has 8 aromatic rings. The fraction of sp³-hybridized carbons (Fsp3) is 0.236. The summed E-state index contributed by atoms with van der Waals surface area (Å²) in [7, 11) is 0. The fourth-order valence-corrected chi connectivity index (χ4v) is 9.01. The Kier molecular flexibility index (Phi) is 11.0. The van der Waals surface area contributed by atoms with Crippen LogP contribution in [0, 0.1) is 17.3 Å². The second-order valence-corrected chi connectivity index (χ2v) is 17.8. The standard InChI is InChI=1S/C55H54N2O4/c1-35(2)49(54(60,45-27-23-37-15-7-11-19-41(37)31-45)46-28-24-38-16-8-12-20-42(38)32-46)56-51(58)53(5,6)52(59)57-50(36(3)4)55(61,47-29-25-39-17-9-13-21-43(39)33-47)48-30-26-40-18-10-14-22-44(40)34-48/h7-36,49-50,60-61H,1-6H3,(H,56,58)(H,57,59)/t49-,50-/m0/s1. The van der Waals surface area contributed by atoms with Gasteiger partial charge in [-0.2, -0.15) is 0 Å². The van der Waals surface area contributed by atoms with Crippen LogP contribution in [0.15, 0.2) is 170 Å². The van der Waals surface area contributed by atoms with Gasteiger partial charge in [0.05, 0.1) is 12.1 Å². The number of carbonyl (C=O) groups is 2. The first-order valence-corrected chi connectivity index (χ1v) is 21.2. The molecule has 8 rings (SSSR count). The van der Waals surface area contributed by atoms with Crippen LogP contribution in [0.1, 0.15) is 63.8 Å². The molecule has 0 saturated heterocycles. The maximum absolute atomic E-state index is 14.8. The summed E-state index contributed by atoms with van der Waals surface area (Å²) in [5, 5.41) is 41.0. The number of aliphatic hydroxyl groups is 2. The lowest BCUT2D eigenvalue weighted by molar-refractivity contribution is -0.145. The summed E-state index contributed by atoms with van der Waals surface area (Å²) in [6.07, 6.45) is 0. The van der Waals surface area contributed by atoms with E-state index in [1.54, 1.807) is 13.8 Å². The Hall–Kier alpha value is -6.34.